The van der Waals surface area contributed by atoms with Gasteiger partial charge in [0.15, 0.2) is 0 Å². The Labute approximate surface area is 120 Å². The van der Waals surface area contributed by atoms with Crippen molar-refractivity contribution in [3.63, 3.8) is 0 Å². The van der Waals surface area contributed by atoms with Gasteiger partial charge in [0.05, 0.1) is 0 Å². The minimum Gasteiger partial charge on any atom is -0.439 e. The molecule has 0 bridgehead atoms. The van der Waals surface area contributed by atoms with Gasteiger partial charge in [-0.15, -0.1) is 0 Å². The number of rotatable bonds is 4. The second kappa shape index (κ2) is 5.99. The van der Waals surface area contributed by atoms with Gasteiger partial charge in [0.25, 0.3) is 0 Å². The van der Waals surface area contributed by atoms with Crippen LogP contribution in [0.15, 0.2) is 28.7 Å². The summed E-state index contributed by atoms with van der Waals surface area (Å²) in [5.41, 5.74) is 3.61. The number of nitrogens with two attached hydrogens (primary N) is 1. The highest BCUT2D eigenvalue weighted by molar-refractivity contribution is 9.10. The molecule has 0 amide bonds. The van der Waals surface area contributed by atoms with Crippen LogP contribution in [0.2, 0.25) is 0 Å². The highest BCUT2D eigenvalue weighted by atomic mass is 79.9. The molecule has 0 aliphatic heterocycles. The number of nitrogens with one attached hydrogen (secondary N) is 1. The van der Waals surface area contributed by atoms with Crippen LogP contribution in [-0.4, -0.2) is 9.97 Å². The summed E-state index contributed by atoms with van der Waals surface area (Å²) < 4.78 is 6.77. The fourth-order valence-corrected chi connectivity index (χ4v) is 1.81. The molecule has 0 aliphatic rings. The molecule has 2 aromatic rings. The van der Waals surface area contributed by atoms with E-state index in [-0.39, 0.29) is 0 Å². The smallest absolute Gasteiger partial charge is 0.224 e. The zero-order valence-electron chi connectivity index (χ0n) is 10.8. The second-order valence-electron chi connectivity index (χ2n) is 4.02. The van der Waals surface area contributed by atoms with Crippen molar-refractivity contribution in [3.8, 4) is 11.6 Å². The molecule has 6 heteroatoms. The fourth-order valence-electron chi connectivity index (χ4n) is 1.56. The van der Waals surface area contributed by atoms with Crippen LogP contribution in [0.4, 0.5) is 5.82 Å². The summed E-state index contributed by atoms with van der Waals surface area (Å²) in [5, 5.41) is 0. The quantitative estimate of drug-likeness (QED) is 0.668. The van der Waals surface area contributed by atoms with E-state index in [0.29, 0.717) is 23.9 Å². The monoisotopic (exact) mass is 322 g/mol. The van der Waals surface area contributed by atoms with Crippen molar-refractivity contribution < 1.29 is 4.74 Å². The average molecular weight is 323 g/mol. The third-order valence-corrected chi connectivity index (χ3v) is 3.45. The van der Waals surface area contributed by atoms with E-state index in [1.807, 2.05) is 32.0 Å². The van der Waals surface area contributed by atoms with E-state index >= 15 is 0 Å². The van der Waals surface area contributed by atoms with Gasteiger partial charge in [0.2, 0.25) is 5.88 Å². The summed E-state index contributed by atoms with van der Waals surface area (Å²) in [4.78, 5) is 8.52. The Hall–Kier alpha value is -1.66. The normalized spacial score (nSPS) is 10.3. The van der Waals surface area contributed by atoms with Crippen LogP contribution in [0.5, 0.6) is 11.6 Å². The van der Waals surface area contributed by atoms with Gasteiger partial charge >= 0.3 is 0 Å². The number of benzene rings is 1. The van der Waals surface area contributed by atoms with Crippen molar-refractivity contribution in [3.05, 3.63) is 40.1 Å². The minimum atomic E-state index is 0.474. The van der Waals surface area contributed by atoms with E-state index in [1.165, 1.54) is 0 Å². The molecule has 5 nitrogen and oxygen atoms in total. The number of anilines is 1. The van der Waals surface area contributed by atoms with Crippen LogP contribution in [0.25, 0.3) is 0 Å². The predicted octanol–water partition coefficient (Wildman–Crippen LogP) is 3.19. The first-order chi connectivity index (χ1) is 9.12. The van der Waals surface area contributed by atoms with E-state index in [1.54, 1.807) is 6.07 Å². The van der Waals surface area contributed by atoms with Crippen LogP contribution < -0.4 is 16.0 Å². The van der Waals surface area contributed by atoms with Crippen LogP contribution in [0.3, 0.4) is 0 Å². The Kier molecular flexibility index (Phi) is 4.34. The molecule has 0 fully saturated rings. The molecule has 1 aromatic heterocycles. The van der Waals surface area contributed by atoms with Gasteiger partial charge in [-0.05, 0) is 30.7 Å². The van der Waals surface area contributed by atoms with Gasteiger partial charge in [-0.2, -0.15) is 4.98 Å². The van der Waals surface area contributed by atoms with E-state index in [4.69, 9.17) is 10.6 Å². The summed E-state index contributed by atoms with van der Waals surface area (Å²) in [7, 11) is 0. The molecule has 0 radical (unpaired) electrons. The van der Waals surface area contributed by atoms with E-state index < -0.39 is 0 Å². The van der Waals surface area contributed by atoms with Gasteiger partial charge < -0.3 is 10.2 Å². The SMILES string of the molecule is CCc1nc(NN)cc(Oc2ccc(Br)c(C)c2)n1. The number of aryl methyl sites for hydroxylation is 2. The summed E-state index contributed by atoms with van der Waals surface area (Å²) in [5.74, 6) is 7.80. The molecule has 0 saturated heterocycles. The molecule has 1 aromatic carbocycles. The van der Waals surface area contributed by atoms with Gasteiger partial charge in [-0.3, -0.25) is 0 Å². The summed E-state index contributed by atoms with van der Waals surface area (Å²) in [6.45, 7) is 3.98. The Morgan fingerprint density at radius 1 is 1.32 bits per heavy atom. The lowest BCUT2D eigenvalue weighted by Crippen LogP contribution is -2.10. The molecule has 0 aliphatic carbocycles. The lowest BCUT2D eigenvalue weighted by molar-refractivity contribution is 0.458. The molecule has 0 saturated carbocycles. The van der Waals surface area contributed by atoms with Crippen LogP contribution >= 0.6 is 15.9 Å². The molecule has 19 heavy (non-hydrogen) atoms. The summed E-state index contributed by atoms with van der Waals surface area (Å²) in [6.07, 6.45) is 0.714. The number of aromatic nitrogens is 2. The topological polar surface area (TPSA) is 73.1 Å². The van der Waals surface area contributed by atoms with Crippen molar-refractivity contribution in [1.82, 2.24) is 9.97 Å². The molecule has 1 heterocycles. The first-order valence-corrected chi connectivity index (χ1v) is 6.70. The molecular formula is C13H15BrN4O. The predicted molar refractivity (Wildman–Crippen MR) is 78.2 cm³/mol. The number of hydrogen-bond acceptors (Lipinski definition) is 5. The van der Waals surface area contributed by atoms with Crippen LogP contribution in [0, 0.1) is 6.92 Å². The number of nitrogens with zero attached hydrogens (tertiary/aromatic N) is 2. The maximum absolute atomic E-state index is 5.73. The van der Waals surface area contributed by atoms with Crippen molar-refractivity contribution in [2.24, 2.45) is 5.84 Å². The molecule has 0 unspecified atom stereocenters. The zero-order chi connectivity index (χ0) is 13.8. The highest BCUT2D eigenvalue weighted by Gasteiger charge is 2.06. The largest absolute Gasteiger partial charge is 0.439 e. The lowest BCUT2D eigenvalue weighted by atomic mass is 10.2. The second-order valence-corrected chi connectivity index (χ2v) is 4.87. The van der Waals surface area contributed by atoms with Crippen LogP contribution in [0.1, 0.15) is 18.3 Å². The maximum Gasteiger partial charge on any atom is 0.224 e. The number of halogens is 1. The fraction of sp³-hybridized carbons (Fsp3) is 0.231. The first kappa shape index (κ1) is 13.8. The Bertz CT molecular complexity index is 567. The maximum atomic E-state index is 5.73. The molecule has 0 spiro atoms. The zero-order valence-corrected chi connectivity index (χ0v) is 12.4. The molecular weight excluding hydrogens is 308 g/mol. The van der Waals surface area contributed by atoms with E-state index in [0.717, 1.165) is 15.8 Å². The standard InChI is InChI=1S/C13H15BrN4O/c1-3-11-16-12(18-15)7-13(17-11)19-9-4-5-10(14)8(2)6-9/h4-7H,3,15H2,1-2H3,(H,16,17,18). The number of ether oxygens (including phenoxy) is 1. The Morgan fingerprint density at radius 2 is 2.11 bits per heavy atom. The minimum absolute atomic E-state index is 0.474. The first-order valence-electron chi connectivity index (χ1n) is 5.91. The van der Waals surface area contributed by atoms with Gasteiger partial charge in [-0.25, -0.2) is 10.8 Å². The summed E-state index contributed by atoms with van der Waals surface area (Å²) in [6, 6.07) is 7.42. The number of nitrogen functional groups attached to an aromatic ring is 1. The van der Waals surface area contributed by atoms with Crippen LogP contribution in [-0.2, 0) is 6.42 Å². The third kappa shape index (κ3) is 3.42. The van der Waals surface area contributed by atoms with Gasteiger partial charge in [-0.1, -0.05) is 22.9 Å². The van der Waals surface area contributed by atoms with Crippen molar-refractivity contribution >= 4 is 21.7 Å². The average Bonchev–Trinajstić information content (AvgIpc) is 2.42. The van der Waals surface area contributed by atoms with Gasteiger partial charge in [0.1, 0.15) is 17.4 Å². The van der Waals surface area contributed by atoms with Gasteiger partial charge in [0, 0.05) is 17.0 Å². The Balaban J connectivity index is 2.29. The van der Waals surface area contributed by atoms with E-state index in [9.17, 15) is 0 Å². The third-order valence-electron chi connectivity index (χ3n) is 2.56. The lowest BCUT2D eigenvalue weighted by Gasteiger charge is -2.09. The highest BCUT2D eigenvalue weighted by Crippen LogP contribution is 2.26. The number of hydrogen-bond donors (Lipinski definition) is 2. The summed E-state index contributed by atoms with van der Waals surface area (Å²) >= 11 is 3.45. The molecule has 2 rings (SSSR count). The molecule has 0 atom stereocenters. The van der Waals surface area contributed by atoms with Crippen molar-refractivity contribution in [2.45, 2.75) is 20.3 Å². The van der Waals surface area contributed by atoms with Crippen molar-refractivity contribution in [2.75, 3.05) is 5.43 Å². The number of hydrazine groups is 1. The molecule has 3 N–H and O–H groups in total. The van der Waals surface area contributed by atoms with Crippen molar-refractivity contribution in [1.29, 1.82) is 0 Å². The Morgan fingerprint density at radius 3 is 2.74 bits per heavy atom. The molecule has 100 valence electrons. The van der Waals surface area contributed by atoms with E-state index in [2.05, 4.69) is 31.3 Å².